The number of nitrogens with one attached hydrogen (secondary N) is 1. The topological polar surface area (TPSA) is 106 Å². The number of halogens is 3. The molecule has 132 valence electrons. The minimum absolute atomic E-state index is 0.124. The Morgan fingerprint density at radius 3 is 2.84 bits per heavy atom. The molecule has 0 radical (unpaired) electrons. The lowest BCUT2D eigenvalue weighted by molar-refractivity contribution is -0.384. The standard InChI is InChI=1S/C13H11BrF2N6O3/c14-10-2-1-9(22(24)25)12(17-10)18-13(23)20-3-7-4-21(6-11(15)16)19-8(7)5-20/h1-2,4,11H,3,5-6H2,(H,17,18,23). The highest BCUT2D eigenvalue weighted by Gasteiger charge is 2.28. The number of pyridine rings is 1. The molecule has 0 atom stereocenters. The van der Waals surface area contributed by atoms with Crippen LogP contribution in [0.3, 0.4) is 0 Å². The van der Waals surface area contributed by atoms with Gasteiger partial charge in [0.15, 0.2) is 0 Å². The zero-order valence-electron chi connectivity index (χ0n) is 12.5. The van der Waals surface area contributed by atoms with Gasteiger partial charge >= 0.3 is 11.7 Å². The molecular weight excluding hydrogens is 406 g/mol. The summed E-state index contributed by atoms with van der Waals surface area (Å²) >= 11 is 3.09. The lowest BCUT2D eigenvalue weighted by Gasteiger charge is -2.16. The van der Waals surface area contributed by atoms with Crippen LogP contribution in [0.5, 0.6) is 0 Å². The minimum Gasteiger partial charge on any atom is -0.314 e. The summed E-state index contributed by atoms with van der Waals surface area (Å²) in [6.07, 6.45) is -1.04. The molecule has 0 fully saturated rings. The van der Waals surface area contributed by atoms with E-state index in [4.69, 9.17) is 0 Å². The van der Waals surface area contributed by atoms with Gasteiger partial charge in [-0.15, -0.1) is 0 Å². The van der Waals surface area contributed by atoms with E-state index in [-0.39, 0.29) is 24.6 Å². The van der Waals surface area contributed by atoms with Gasteiger partial charge in [-0.2, -0.15) is 5.10 Å². The van der Waals surface area contributed by atoms with Gasteiger partial charge in [-0.1, -0.05) is 0 Å². The molecule has 1 aliphatic rings. The molecule has 0 aromatic carbocycles. The first-order valence-corrected chi connectivity index (χ1v) is 7.83. The van der Waals surface area contributed by atoms with Crippen molar-refractivity contribution in [1.82, 2.24) is 19.7 Å². The van der Waals surface area contributed by atoms with Crippen LogP contribution in [0.2, 0.25) is 0 Å². The highest BCUT2D eigenvalue weighted by molar-refractivity contribution is 9.10. The van der Waals surface area contributed by atoms with Crippen molar-refractivity contribution in [3.63, 3.8) is 0 Å². The summed E-state index contributed by atoms with van der Waals surface area (Å²) < 4.78 is 26.2. The van der Waals surface area contributed by atoms with E-state index in [2.05, 4.69) is 31.3 Å². The van der Waals surface area contributed by atoms with Crippen LogP contribution >= 0.6 is 15.9 Å². The molecule has 1 N–H and O–H groups in total. The molecule has 0 unspecified atom stereocenters. The van der Waals surface area contributed by atoms with E-state index in [0.717, 1.165) is 4.68 Å². The Morgan fingerprint density at radius 2 is 2.20 bits per heavy atom. The zero-order chi connectivity index (χ0) is 18.1. The van der Waals surface area contributed by atoms with Crippen LogP contribution in [-0.4, -0.2) is 37.0 Å². The molecule has 3 rings (SSSR count). The van der Waals surface area contributed by atoms with Crippen molar-refractivity contribution in [2.75, 3.05) is 5.32 Å². The van der Waals surface area contributed by atoms with Crippen LogP contribution in [0.25, 0.3) is 0 Å². The number of alkyl halides is 2. The summed E-state index contributed by atoms with van der Waals surface area (Å²) in [7, 11) is 0. The molecule has 0 bridgehead atoms. The first kappa shape index (κ1) is 17.2. The summed E-state index contributed by atoms with van der Waals surface area (Å²) in [5.74, 6) is -0.184. The molecule has 12 heteroatoms. The maximum absolute atomic E-state index is 12.4. The van der Waals surface area contributed by atoms with Crippen LogP contribution in [0.4, 0.5) is 25.1 Å². The monoisotopic (exact) mass is 416 g/mol. The van der Waals surface area contributed by atoms with E-state index >= 15 is 0 Å². The summed E-state index contributed by atoms with van der Waals surface area (Å²) in [5, 5.41) is 17.4. The number of nitro groups is 1. The van der Waals surface area contributed by atoms with Crippen LogP contribution in [0.1, 0.15) is 11.3 Å². The normalized spacial score (nSPS) is 13.2. The average Bonchev–Trinajstić information content (AvgIpc) is 3.04. The third-order valence-electron chi connectivity index (χ3n) is 3.50. The second-order valence-corrected chi connectivity index (χ2v) is 6.07. The Bertz CT molecular complexity index is 820. The molecule has 9 nitrogen and oxygen atoms in total. The first-order valence-electron chi connectivity index (χ1n) is 7.03. The quantitative estimate of drug-likeness (QED) is 0.468. The number of urea groups is 1. The van der Waals surface area contributed by atoms with Crippen LogP contribution in [-0.2, 0) is 19.6 Å². The van der Waals surface area contributed by atoms with Crippen molar-refractivity contribution in [1.29, 1.82) is 0 Å². The van der Waals surface area contributed by atoms with Crippen LogP contribution < -0.4 is 5.32 Å². The van der Waals surface area contributed by atoms with Crippen molar-refractivity contribution in [3.8, 4) is 0 Å². The molecule has 3 heterocycles. The van der Waals surface area contributed by atoms with Crippen LogP contribution in [0.15, 0.2) is 22.9 Å². The van der Waals surface area contributed by atoms with Crippen molar-refractivity contribution in [2.45, 2.75) is 26.1 Å². The molecule has 0 saturated carbocycles. The predicted octanol–water partition coefficient (Wildman–Crippen LogP) is 2.76. The fourth-order valence-electron chi connectivity index (χ4n) is 2.44. The van der Waals surface area contributed by atoms with Crippen LogP contribution in [0, 0.1) is 10.1 Å². The molecule has 0 saturated heterocycles. The van der Waals surface area contributed by atoms with E-state index in [1.165, 1.54) is 23.2 Å². The van der Waals surface area contributed by atoms with E-state index in [1.54, 1.807) is 0 Å². The van der Waals surface area contributed by atoms with Gasteiger partial charge in [0.25, 0.3) is 6.43 Å². The molecule has 1 aliphatic heterocycles. The van der Waals surface area contributed by atoms with Crippen molar-refractivity contribution in [2.24, 2.45) is 0 Å². The van der Waals surface area contributed by atoms with Crippen molar-refractivity contribution < 1.29 is 18.5 Å². The smallest absolute Gasteiger partial charge is 0.314 e. The number of fused-ring (bicyclic) bond motifs is 1. The Labute approximate surface area is 147 Å². The fraction of sp³-hybridized carbons (Fsp3) is 0.308. The molecule has 0 aliphatic carbocycles. The second-order valence-electron chi connectivity index (χ2n) is 5.26. The summed E-state index contributed by atoms with van der Waals surface area (Å²) in [6.45, 7) is -0.210. The van der Waals surface area contributed by atoms with Gasteiger partial charge < -0.3 is 4.90 Å². The highest BCUT2D eigenvalue weighted by atomic mass is 79.9. The van der Waals surface area contributed by atoms with Gasteiger partial charge in [0, 0.05) is 17.8 Å². The molecule has 0 spiro atoms. The summed E-state index contributed by atoms with van der Waals surface area (Å²) in [6, 6.07) is 2.03. The lowest BCUT2D eigenvalue weighted by atomic mass is 10.3. The number of carbonyl (C=O) groups excluding carboxylic acids is 1. The lowest BCUT2D eigenvalue weighted by Crippen LogP contribution is -2.31. The van der Waals surface area contributed by atoms with Gasteiger partial charge in [0.2, 0.25) is 5.82 Å². The van der Waals surface area contributed by atoms with Gasteiger partial charge in [0.05, 0.1) is 23.7 Å². The van der Waals surface area contributed by atoms with Gasteiger partial charge in [-0.3, -0.25) is 20.1 Å². The van der Waals surface area contributed by atoms with E-state index < -0.39 is 23.9 Å². The Morgan fingerprint density at radius 1 is 1.44 bits per heavy atom. The zero-order valence-corrected chi connectivity index (χ0v) is 14.1. The molecular formula is C13H11BrF2N6O3. The Balaban J connectivity index is 1.70. The summed E-state index contributed by atoms with van der Waals surface area (Å²) in [5.41, 5.74) is 0.843. The van der Waals surface area contributed by atoms with E-state index in [0.29, 0.717) is 15.9 Å². The SMILES string of the molecule is O=C(Nc1nc(Br)ccc1[N+](=O)[O-])N1Cc2cn(CC(F)F)nc2C1. The number of nitrogens with zero attached hydrogens (tertiary/aromatic N) is 5. The average molecular weight is 417 g/mol. The third kappa shape index (κ3) is 3.73. The third-order valence-corrected chi connectivity index (χ3v) is 3.94. The van der Waals surface area contributed by atoms with Gasteiger partial charge in [-0.25, -0.2) is 18.6 Å². The van der Waals surface area contributed by atoms with Crippen molar-refractivity contribution in [3.05, 3.63) is 44.3 Å². The number of carbonyl (C=O) groups is 1. The highest BCUT2D eigenvalue weighted by Crippen LogP contribution is 2.26. The van der Waals surface area contributed by atoms with Gasteiger partial charge in [0.1, 0.15) is 11.1 Å². The molecule has 2 amide bonds. The number of aromatic nitrogens is 3. The maximum Gasteiger partial charge on any atom is 0.323 e. The minimum atomic E-state index is -2.51. The number of rotatable bonds is 4. The number of amides is 2. The number of hydrogen-bond acceptors (Lipinski definition) is 5. The Hall–Kier alpha value is -2.63. The second kappa shape index (κ2) is 6.70. The summed E-state index contributed by atoms with van der Waals surface area (Å²) in [4.78, 5) is 27.9. The Kier molecular flexibility index (Phi) is 4.61. The van der Waals surface area contributed by atoms with Gasteiger partial charge in [-0.05, 0) is 22.0 Å². The first-order chi connectivity index (χ1) is 11.8. The largest absolute Gasteiger partial charge is 0.323 e. The van der Waals surface area contributed by atoms with E-state index in [9.17, 15) is 23.7 Å². The van der Waals surface area contributed by atoms with Crippen molar-refractivity contribution >= 4 is 33.5 Å². The molecule has 25 heavy (non-hydrogen) atoms. The fourth-order valence-corrected chi connectivity index (χ4v) is 2.75. The number of hydrogen-bond donors (Lipinski definition) is 1. The predicted molar refractivity (Wildman–Crippen MR) is 85.1 cm³/mol. The molecule has 2 aromatic rings. The van der Waals surface area contributed by atoms with E-state index in [1.807, 2.05) is 0 Å². The maximum atomic E-state index is 12.4. The number of anilines is 1. The molecule has 2 aromatic heterocycles.